The Labute approximate surface area is 104 Å². The molecule has 6 nitrogen and oxygen atoms in total. The van der Waals surface area contributed by atoms with Crippen molar-refractivity contribution in [2.45, 2.75) is 38.3 Å². The van der Waals surface area contributed by atoms with E-state index in [4.69, 9.17) is 4.42 Å². The Hall–Kier alpha value is -1.69. The van der Waals surface area contributed by atoms with Crippen molar-refractivity contribution in [2.75, 3.05) is 6.54 Å². The number of nitrogens with zero attached hydrogens (tertiary/aromatic N) is 4. The molecule has 1 saturated carbocycles. The second kappa shape index (κ2) is 3.65. The zero-order chi connectivity index (χ0) is 12.1. The van der Waals surface area contributed by atoms with Crippen LogP contribution in [0.2, 0.25) is 0 Å². The van der Waals surface area contributed by atoms with E-state index in [1.807, 2.05) is 0 Å². The van der Waals surface area contributed by atoms with Crippen molar-refractivity contribution in [2.24, 2.45) is 0 Å². The Bertz CT molecular complexity index is 583. The second-order valence-electron chi connectivity index (χ2n) is 5.05. The van der Waals surface area contributed by atoms with Gasteiger partial charge < -0.3 is 14.3 Å². The fraction of sp³-hybridized carbons (Fsp3) is 0.583. The molecule has 0 saturated heterocycles. The minimum absolute atomic E-state index is 0.245. The highest BCUT2D eigenvalue weighted by Gasteiger charge is 2.30. The summed E-state index contributed by atoms with van der Waals surface area (Å²) in [5.74, 6) is 3.19. The van der Waals surface area contributed by atoms with Crippen LogP contribution < -0.4 is 5.32 Å². The van der Waals surface area contributed by atoms with Crippen molar-refractivity contribution in [3.63, 3.8) is 0 Å². The number of hydrogen-bond donors (Lipinski definition) is 1. The molecule has 1 N–H and O–H groups in total. The van der Waals surface area contributed by atoms with Crippen molar-refractivity contribution < 1.29 is 4.42 Å². The average molecular weight is 245 g/mol. The molecule has 1 atom stereocenters. The predicted molar refractivity (Wildman–Crippen MR) is 63.9 cm³/mol. The van der Waals surface area contributed by atoms with Gasteiger partial charge in [-0.1, -0.05) is 0 Å². The molecule has 94 valence electrons. The lowest BCUT2D eigenvalue weighted by Crippen LogP contribution is -2.32. The van der Waals surface area contributed by atoms with Gasteiger partial charge in [0, 0.05) is 19.0 Å². The third kappa shape index (κ3) is 1.49. The van der Waals surface area contributed by atoms with Crippen LogP contribution in [0.25, 0.3) is 11.5 Å². The maximum atomic E-state index is 5.52. The van der Waals surface area contributed by atoms with E-state index in [0.29, 0.717) is 5.92 Å². The van der Waals surface area contributed by atoms with E-state index in [1.54, 1.807) is 6.26 Å². The quantitative estimate of drug-likeness (QED) is 0.867. The first-order valence-electron chi connectivity index (χ1n) is 6.45. The van der Waals surface area contributed by atoms with Gasteiger partial charge in [-0.05, 0) is 19.8 Å². The van der Waals surface area contributed by atoms with Crippen LogP contribution in [0.5, 0.6) is 0 Å². The fourth-order valence-electron chi connectivity index (χ4n) is 2.44. The molecule has 1 fully saturated rings. The van der Waals surface area contributed by atoms with Gasteiger partial charge in [0.25, 0.3) is 0 Å². The van der Waals surface area contributed by atoms with Crippen LogP contribution in [-0.4, -0.2) is 26.3 Å². The van der Waals surface area contributed by atoms with Crippen molar-refractivity contribution in [1.82, 2.24) is 25.1 Å². The van der Waals surface area contributed by atoms with Crippen molar-refractivity contribution in [3.05, 3.63) is 18.0 Å². The van der Waals surface area contributed by atoms with Crippen LogP contribution in [0.4, 0.5) is 0 Å². The summed E-state index contributed by atoms with van der Waals surface area (Å²) in [5.41, 5.74) is 0.810. The summed E-state index contributed by atoms with van der Waals surface area (Å²) < 4.78 is 7.66. The molecule has 6 heteroatoms. The van der Waals surface area contributed by atoms with Crippen LogP contribution in [-0.2, 0) is 6.54 Å². The number of oxazole rings is 1. The molecule has 0 spiro atoms. The molecule has 1 aliphatic heterocycles. The molecular formula is C12H15N5O. The van der Waals surface area contributed by atoms with Crippen LogP contribution in [0, 0.1) is 0 Å². The van der Waals surface area contributed by atoms with Gasteiger partial charge in [0.15, 0.2) is 11.7 Å². The molecule has 2 aliphatic rings. The minimum Gasteiger partial charge on any atom is -0.448 e. The van der Waals surface area contributed by atoms with Crippen molar-refractivity contribution >= 4 is 0 Å². The Morgan fingerprint density at radius 3 is 3.11 bits per heavy atom. The number of rotatable bonds is 2. The highest BCUT2D eigenvalue weighted by molar-refractivity contribution is 5.48. The van der Waals surface area contributed by atoms with Crippen LogP contribution in [0.1, 0.15) is 43.4 Å². The molecule has 2 aromatic heterocycles. The van der Waals surface area contributed by atoms with E-state index in [0.717, 1.165) is 36.3 Å². The van der Waals surface area contributed by atoms with Crippen LogP contribution >= 0.6 is 0 Å². The summed E-state index contributed by atoms with van der Waals surface area (Å²) in [5, 5.41) is 11.9. The fourth-order valence-corrected chi connectivity index (χ4v) is 2.44. The molecule has 0 bridgehead atoms. The Morgan fingerprint density at radius 1 is 1.39 bits per heavy atom. The summed E-state index contributed by atoms with van der Waals surface area (Å²) in [6.07, 6.45) is 4.09. The van der Waals surface area contributed by atoms with E-state index in [-0.39, 0.29) is 6.04 Å². The first-order chi connectivity index (χ1) is 8.83. The summed E-state index contributed by atoms with van der Waals surface area (Å²) in [4.78, 5) is 4.54. The van der Waals surface area contributed by atoms with Crippen molar-refractivity contribution in [1.29, 1.82) is 0 Å². The van der Waals surface area contributed by atoms with E-state index < -0.39 is 0 Å². The molecule has 0 radical (unpaired) electrons. The Morgan fingerprint density at radius 2 is 2.28 bits per heavy atom. The molecule has 2 aromatic rings. The van der Waals surface area contributed by atoms with Gasteiger partial charge in [0.1, 0.15) is 17.8 Å². The largest absolute Gasteiger partial charge is 0.448 e. The first-order valence-corrected chi connectivity index (χ1v) is 6.45. The zero-order valence-corrected chi connectivity index (χ0v) is 10.3. The lowest BCUT2D eigenvalue weighted by atomic mass is 10.2. The predicted octanol–water partition coefficient (Wildman–Crippen LogP) is 1.47. The van der Waals surface area contributed by atoms with Crippen LogP contribution in [0.15, 0.2) is 10.7 Å². The lowest BCUT2D eigenvalue weighted by Gasteiger charge is -2.21. The normalized spacial score (nSPS) is 23.1. The summed E-state index contributed by atoms with van der Waals surface area (Å²) in [7, 11) is 0. The molecule has 3 heterocycles. The molecule has 1 unspecified atom stereocenters. The number of hydrogen-bond acceptors (Lipinski definition) is 5. The zero-order valence-electron chi connectivity index (χ0n) is 10.3. The van der Waals surface area contributed by atoms with Gasteiger partial charge in [-0.3, -0.25) is 0 Å². The van der Waals surface area contributed by atoms with Gasteiger partial charge in [-0.25, -0.2) is 4.98 Å². The number of fused-ring (bicyclic) bond motifs is 1. The van der Waals surface area contributed by atoms with Crippen molar-refractivity contribution in [3.8, 4) is 11.5 Å². The molecule has 18 heavy (non-hydrogen) atoms. The molecular weight excluding hydrogens is 230 g/mol. The first kappa shape index (κ1) is 10.3. The third-order valence-corrected chi connectivity index (χ3v) is 3.63. The Kier molecular flexibility index (Phi) is 2.08. The highest BCUT2D eigenvalue weighted by Crippen LogP contribution is 2.40. The standard InChI is InChI=1S/C12H15N5O/c1-7-10-15-16-11(17(10)5-4-13-7)9-6-18-12(14-9)8-2-3-8/h6-8,13H,2-5H2,1H3. The second-order valence-corrected chi connectivity index (χ2v) is 5.05. The minimum atomic E-state index is 0.245. The van der Waals surface area contributed by atoms with Crippen LogP contribution in [0.3, 0.4) is 0 Å². The molecule has 0 amide bonds. The smallest absolute Gasteiger partial charge is 0.197 e. The van der Waals surface area contributed by atoms with Gasteiger partial charge in [-0.2, -0.15) is 0 Å². The van der Waals surface area contributed by atoms with E-state index in [9.17, 15) is 0 Å². The molecule has 0 aromatic carbocycles. The summed E-state index contributed by atoms with van der Waals surface area (Å²) in [6, 6.07) is 0.245. The van der Waals surface area contributed by atoms with Gasteiger partial charge in [-0.15, -0.1) is 10.2 Å². The maximum Gasteiger partial charge on any atom is 0.197 e. The monoisotopic (exact) mass is 245 g/mol. The molecule has 1 aliphatic carbocycles. The molecule has 4 rings (SSSR count). The third-order valence-electron chi connectivity index (χ3n) is 3.63. The highest BCUT2D eigenvalue weighted by atomic mass is 16.3. The van der Waals surface area contributed by atoms with E-state index in [1.165, 1.54) is 12.8 Å². The van der Waals surface area contributed by atoms with Gasteiger partial charge >= 0.3 is 0 Å². The number of aromatic nitrogens is 4. The van der Waals surface area contributed by atoms with E-state index >= 15 is 0 Å². The lowest BCUT2D eigenvalue weighted by molar-refractivity contribution is 0.438. The van der Waals surface area contributed by atoms with Gasteiger partial charge in [0.2, 0.25) is 0 Å². The SMILES string of the molecule is CC1NCCn2c(-c3coc(C4CC4)n3)nnc21. The summed E-state index contributed by atoms with van der Waals surface area (Å²) >= 11 is 0. The maximum absolute atomic E-state index is 5.52. The summed E-state index contributed by atoms with van der Waals surface area (Å²) in [6.45, 7) is 3.92. The average Bonchev–Trinajstić information content (AvgIpc) is 2.95. The van der Waals surface area contributed by atoms with Gasteiger partial charge in [0.05, 0.1) is 6.04 Å². The topological polar surface area (TPSA) is 68.8 Å². The Balaban J connectivity index is 1.75. The number of nitrogens with one attached hydrogen (secondary N) is 1. The van der Waals surface area contributed by atoms with E-state index in [2.05, 4.69) is 32.0 Å².